The van der Waals surface area contributed by atoms with Gasteiger partial charge in [-0.2, -0.15) is 5.10 Å². The molecule has 0 saturated carbocycles. The smallest absolute Gasteiger partial charge is 0.250 e. The van der Waals surface area contributed by atoms with E-state index in [1.807, 2.05) is 59.2 Å². The average molecular weight is 512 g/mol. The highest BCUT2D eigenvalue weighted by Gasteiger charge is 2.17. The lowest BCUT2D eigenvalue weighted by molar-refractivity contribution is -0.118. The van der Waals surface area contributed by atoms with Gasteiger partial charge >= 0.3 is 0 Å². The van der Waals surface area contributed by atoms with E-state index < -0.39 is 0 Å². The molecule has 34 heavy (non-hydrogen) atoms. The number of nitrogens with zero attached hydrogens (tertiary/aromatic N) is 4. The Morgan fingerprint density at radius 3 is 2.41 bits per heavy atom. The number of hydrazone groups is 1. The van der Waals surface area contributed by atoms with Crippen molar-refractivity contribution < 1.29 is 9.53 Å². The van der Waals surface area contributed by atoms with E-state index >= 15 is 0 Å². The van der Waals surface area contributed by atoms with Gasteiger partial charge in [0.05, 0.1) is 29.1 Å². The molecule has 0 saturated heterocycles. The molecular formula is C24H19Cl2N5O2S. The number of hydrogen-bond acceptors (Lipinski definition) is 6. The summed E-state index contributed by atoms with van der Waals surface area (Å²) in [5.74, 6) is 1.18. The zero-order valence-corrected chi connectivity index (χ0v) is 20.3. The first-order chi connectivity index (χ1) is 16.6. The number of benzene rings is 3. The van der Waals surface area contributed by atoms with E-state index in [-0.39, 0.29) is 11.7 Å². The largest absolute Gasteiger partial charge is 0.497 e. The first-order valence-electron chi connectivity index (χ1n) is 10.1. The third-order valence-corrected chi connectivity index (χ3v) is 6.30. The number of rotatable bonds is 8. The summed E-state index contributed by atoms with van der Waals surface area (Å²) in [6, 6.07) is 22.4. The molecule has 1 aromatic heterocycles. The van der Waals surface area contributed by atoms with Gasteiger partial charge in [-0.3, -0.25) is 9.36 Å². The van der Waals surface area contributed by atoms with Crippen LogP contribution in [0.15, 0.2) is 83.1 Å². The number of hydrogen-bond donors (Lipinski definition) is 1. The van der Waals surface area contributed by atoms with Gasteiger partial charge in [0, 0.05) is 16.8 Å². The Labute approximate surface area is 210 Å². The van der Waals surface area contributed by atoms with Crippen LogP contribution in [0.4, 0.5) is 0 Å². The third kappa shape index (κ3) is 5.59. The molecule has 0 aliphatic carbocycles. The molecular weight excluding hydrogens is 493 g/mol. The van der Waals surface area contributed by atoms with Crippen LogP contribution in [0, 0.1) is 0 Å². The van der Waals surface area contributed by atoms with Crippen molar-refractivity contribution in [1.29, 1.82) is 0 Å². The van der Waals surface area contributed by atoms with Gasteiger partial charge in [-0.15, -0.1) is 10.2 Å². The Morgan fingerprint density at radius 1 is 1.03 bits per heavy atom. The van der Waals surface area contributed by atoms with Crippen molar-refractivity contribution >= 4 is 47.1 Å². The number of carbonyl (C=O) groups excluding carboxylic acids is 1. The maximum atomic E-state index is 12.4. The summed E-state index contributed by atoms with van der Waals surface area (Å²) >= 11 is 13.5. The monoisotopic (exact) mass is 511 g/mol. The zero-order chi connectivity index (χ0) is 23.9. The van der Waals surface area contributed by atoms with Crippen molar-refractivity contribution in [1.82, 2.24) is 20.2 Å². The molecule has 10 heteroatoms. The molecule has 4 aromatic rings. The summed E-state index contributed by atoms with van der Waals surface area (Å²) in [5, 5.41) is 14.1. The lowest BCUT2D eigenvalue weighted by atomic mass is 10.2. The summed E-state index contributed by atoms with van der Waals surface area (Å²) in [4.78, 5) is 12.4. The normalized spacial score (nSPS) is 11.0. The van der Waals surface area contributed by atoms with Crippen molar-refractivity contribution in [3.05, 3.63) is 88.4 Å². The Kier molecular flexibility index (Phi) is 7.84. The molecule has 0 fully saturated rings. The standard InChI is InChI=1S/C24H19Cl2N5O2S/c1-33-18-12-10-16(11-13-18)23-29-30-24(31(23)17-6-3-2-4-7-17)34-15-22(32)28-27-14-19-20(25)8-5-9-21(19)26/h2-14H,15H2,1H3,(H,28,32). The Bertz CT molecular complexity index is 1290. The van der Waals surface area contributed by atoms with Gasteiger partial charge in [0.25, 0.3) is 5.91 Å². The molecule has 0 atom stereocenters. The SMILES string of the molecule is COc1ccc(-c2nnc(SCC(=O)NN=Cc3c(Cl)cccc3Cl)n2-c2ccccc2)cc1. The van der Waals surface area contributed by atoms with Gasteiger partial charge in [0.2, 0.25) is 0 Å². The van der Waals surface area contributed by atoms with E-state index in [1.54, 1.807) is 25.3 Å². The van der Waals surface area contributed by atoms with Gasteiger partial charge < -0.3 is 4.74 Å². The highest BCUT2D eigenvalue weighted by atomic mass is 35.5. The summed E-state index contributed by atoms with van der Waals surface area (Å²) < 4.78 is 7.16. The Balaban J connectivity index is 1.51. The number of nitrogens with one attached hydrogen (secondary N) is 1. The molecule has 0 aliphatic heterocycles. The summed E-state index contributed by atoms with van der Waals surface area (Å²) in [6.07, 6.45) is 1.42. The van der Waals surface area contributed by atoms with Gasteiger partial charge in [0.1, 0.15) is 5.75 Å². The van der Waals surface area contributed by atoms with Crippen LogP contribution < -0.4 is 10.2 Å². The van der Waals surface area contributed by atoms with Crippen LogP contribution in [-0.4, -0.2) is 39.7 Å². The van der Waals surface area contributed by atoms with Gasteiger partial charge in [-0.1, -0.05) is 59.2 Å². The van der Waals surface area contributed by atoms with E-state index in [0.717, 1.165) is 17.0 Å². The third-order valence-electron chi connectivity index (χ3n) is 4.71. The van der Waals surface area contributed by atoms with Crippen LogP contribution in [0.2, 0.25) is 10.0 Å². The molecule has 4 rings (SSSR count). The van der Waals surface area contributed by atoms with Crippen molar-refractivity contribution in [2.45, 2.75) is 5.16 Å². The number of carbonyl (C=O) groups is 1. The molecule has 0 spiro atoms. The molecule has 1 N–H and O–H groups in total. The number of aromatic nitrogens is 3. The molecule has 7 nitrogen and oxygen atoms in total. The molecule has 0 radical (unpaired) electrons. The minimum absolute atomic E-state index is 0.0845. The fourth-order valence-electron chi connectivity index (χ4n) is 3.07. The minimum Gasteiger partial charge on any atom is -0.497 e. The van der Waals surface area contributed by atoms with Gasteiger partial charge in [0.15, 0.2) is 11.0 Å². The molecule has 1 heterocycles. The number of halogens is 2. The highest BCUT2D eigenvalue weighted by molar-refractivity contribution is 7.99. The van der Waals surface area contributed by atoms with E-state index in [2.05, 4.69) is 20.7 Å². The van der Waals surface area contributed by atoms with E-state index in [4.69, 9.17) is 27.9 Å². The minimum atomic E-state index is -0.307. The van der Waals surface area contributed by atoms with Gasteiger partial charge in [-0.05, 0) is 48.5 Å². The van der Waals surface area contributed by atoms with E-state index in [0.29, 0.717) is 26.6 Å². The van der Waals surface area contributed by atoms with Crippen LogP contribution in [0.5, 0.6) is 5.75 Å². The molecule has 1 amide bonds. The maximum absolute atomic E-state index is 12.4. The number of methoxy groups -OCH3 is 1. The van der Waals surface area contributed by atoms with Crippen molar-refractivity contribution in [2.24, 2.45) is 5.10 Å². The highest BCUT2D eigenvalue weighted by Crippen LogP contribution is 2.29. The summed E-state index contributed by atoms with van der Waals surface area (Å²) in [6.45, 7) is 0. The fourth-order valence-corrected chi connectivity index (χ4v) is 4.30. The average Bonchev–Trinajstić information content (AvgIpc) is 3.29. The topological polar surface area (TPSA) is 81.4 Å². The quantitative estimate of drug-likeness (QED) is 0.192. The second kappa shape index (κ2) is 11.2. The predicted octanol–water partition coefficient (Wildman–Crippen LogP) is 5.49. The summed E-state index contributed by atoms with van der Waals surface area (Å²) in [7, 11) is 1.62. The van der Waals surface area contributed by atoms with E-state index in [1.165, 1.54) is 18.0 Å². The van der Waals surface area contributed by atoms with Crippen LogP contribution in [-0.2, 0) is 4.79 Å². The van der Waals surface area contributed by atoms with Crippen LogP contribution in [0.25, 0.3) is 17.1 Å². The first-order valence-corrected chi connectivity index (χ1v) is 11.8. The number of ether oxygens (including phenoxy) is 1. The Morgan fingerprint density at radius 2 is 1.74 bits per heavy atom. The second-order valence-electron chi connectivity index (χ2n) is 6.92. The first kappa shape index (κ1) is 23.8. The molecule has 0 aliphatic rings. The van der Waals surface area contributed by atoms with Crippen molar-refractivity contribution in [3.63, 3.8) is 0 Å². The lowest BCUT2D eigenvalue weighted by Crippen LogP contribution is -2.20. The molecule has 3 aromatic carbocycles. The second-order valence-corrected chi connectivity index (χ2v) is 8.68. The molecule has 0 unspecified atom stereocenters. The lowest BCUT2D eigenvalue weighted by Gasteiger charge is -2.10. The molecule has 172 valence electrons. The fraction of sp³-hybridized carbons (Fsp3) is 0.0833. The van der Waals surface area contributed by atoms with Crippen LogP contribution in [0.1, 0.15) is 5.56 Å². The Hall–Kier alpha value is -3.33. The van der Waals surface area contributed by atoms with Gasteiger partial charge in [-0.25, -0.2) is 5.43 Å². The van der Waals surface area contributed by atoms with Crippen molar-refractivity contribution in [3.8, 4) is 22.8 Å². The van der Waals surface area contributed by atoms with Crippen LogP contribution >= 0.6 is 35.0 Å². The maximum Gasteiger partial charge on any atom is 0.250 e. The number of thioether (sulfide) groups is 1. The van der Waals surface area contributed by atoms with Crippen LogP contribution in [0.3, 0.4) is 0 Å². The zero-order valence-electron chi connectivity index (χ0n) is 18.0. The number of para-hydroxylation sites is 1. The predicted molar refractivity (Wildman–Crippen MR) is 136 cm³/mol. The molecule has 0 bridgehead atoms. The van der Waals surface area contributed by atoms with Crippen molar-refractivity contribution in [2.75, 3.05) is 12.9 Å². The summed E-state index contributed by atoms with van der Waals surface area (Å²) in [5.41, 5.74) is 4.77. The van der Waals surface area contributed by atoms with E-state index in [9.17, 15) is 4.79 Å². The number of amides is 1.